The van der Waals surface area contributed by atoms with Crippen LogP contribution in [-0.4, -0.2) is 28.8 Å². The number of halogens is 2. The average molecular weight is 388 g/mol. The van der Waals surface area contributed by atoms with Crippen molar-refractivity contribution in [3.63, 3.8) is 0 Å². The van der Waals surface area contributed by atoms with Crippen molar-refractivity contribution in [2.45, 2.75) is 52.2 Å². The van der Waals surface area contributed by atoms with Crippen LogP contribution < -0.4 is 5.32 Å². The Bertz CT molecular complexity index is 808. The molecule has 2 rings (SSSR count). The normalized spacial score (nSPS) is 12.9. The Morgan fingerprint density at radius 2 is 1.68 bits per heavy atom. The summed E-state index contributed by atoms with van der Waals surface area (Å²) in [5, 5.41) is 2.86. The molecule has 0 spiro atoms. The summed E-state index contributed by atoms with van der Waals surface area (Å²) in [7, 11) is 0. The highest BCUT2D eigenvalue weighted by Crippen LogP contribution is 2.15. The lowest BCUT2D eigenvalue weighted by molar-refractivity contribution is -0.140. The minimum Gasteiger partial charge on any atom is -0.352 e. The van der Waals surface area contributed by atoms with Gasteiger partial charge in [0, 0.05) is 18.2 Å². The van der Waals surface area contributed by atoms with Gasteiger partial charge in [0.2, 0.25) is 11.8 Å². The van der Waals surface area contributed by atoms with Crippen molar-refractivity contribution in [1.82, 2.24) is 10.2 Å². The van der Waals surface area contributed by atoms with Crippen LogP contribution in [-0.2, 0) is 22.6 Å². The number of hydrogen-bond donors (Lipinski definition) is 1. The van der Waals surface area contributed by atoms with Gasteiger partial charge >= 0.3 is 0 Å². The van der Waals surface area contributed by atoms with E-state index in [9.17, 15) is 18.4 Å². The maximum atomic E-state index is 14.1. The molecule has 2 aromatic carbocycles. The third-order valence-electron chi connectivity index (χ3n) is 4.74. The number of benzene rings is 2. The zero-order valence-corrected chi connectivity index (χ0v) is 16.4. The third-order valence-corrected chi connectivity index (χ3v) is 4.74. The molecule has 2 unspecified atom stereocenters. The smallest absolute Gasteiger partial charge is 0.242 e. The molecule has 0 saturated carbocycles. The van der Waals surface area contributed by atoms with Gasteiger partial charge in [-0.1, -0.05) is 37.3 Å². The molecular weight excluding hydrogens is 362 g/mol. The molecule has 6 heteroatoms. The molecule has 0 bridgehead atoms. The molecule has 0 heterocycles. The van der Waals surface area contributed by atoms with Crippen molar-refractivity contribution in [2.24, 2.45) is 0 Å². The highest BCUT2D eigenvalue weighted by Gasteiger charge is 2.27. The fraction of sp³-hybridized carbons (Fsp3) is 0.364. The quantitative estimate of drug-likeness (QED) is 0.747. The van der Waals surface area contributed by atoms with E-state index in [0.29, 0.717) is 11.1 Å². The van der Waals surface area contributed by atoms with Gasteiger partial charge in [-0.15, -0.1) is 0 Å². The Kier molecular flexibility index (Phi) is 7.67. The molecule has 1 N–H and O–H groups in total. The third kappa shape index (κ3) is 5.87. The standard InChI is InChI=1S/C22H26F2N2O2/c1-4-15(2)25-22(28)16(3)26(14-18-7-5-6-8-20(18)24)21(27)13-17-9-11-19(23)12-10-17/h5-12,15-16H,4,13-14H2,1-3H3,(H,25,28). The van der Waals surface area contributed by atoms with Gasteiger partial charge in [0.05, 0.1) is 6.42 Å². The van der Waals surface area contributed by atoms with Crippen LogP contribution >= 0.6 is 0 Å². The molecule has 0 aliphatic heterocycles. The molecule has 0 aliphatic rings. The topological polar surface area (TPSA) is 49.4 Å². The zero-order chi connectivity index (χ0) is 20.7. The molecular formula is C22H26F2N2O2. The second-order valence-corrected chi connectivity index (χ2v) is 6.91. The van der Waals surface area contributed by atoms with Crippen molar-refractivity contribution in [3.8, 4) is 0 Å². The molecule has 28 heavy (non-hydrogen) atoms. The van der Waals surface area contributed by atoms with E-state index in [2.05, 4.69) is 5.32 Å². The first-order chi connectivity index (χ1) is 13.3. The van der Waals surface area contributed by atoms with Crippen molar-refractivity contribution in [3.05, 3.63) is 71.3 Å². The highest BCUT2D eigenvalue weighted by molar-refractivity contribution is 5.88. The van der Waals surface area contributed by atoms with Crippen LogP contribution in [0, 0.1) is 11.6 Å². The largest absolute Gasteiger partial charge is 0.352 e. The Balaban J connectivity index is 2.23. The first-order valence-electron chi connectivity index (χ1n) is 9.39. The summed E-state index contributed by atoms with van der Waals surface area (Å²) in [6, 6.07) is 11.0. The summed E-state index contributed by atoms with van der Waals surface area (Å²) in [6.07, 6.45) is 0.755. The number of carbonyl (C=O) groups excluding carboxylic acids is 2. The van der Waals surface area contributed by atoms with Crippen LogP contribution in [0.4, 0.5) is 8.78 Å². The van der Waals surface area contributed by atoms with E-state index in [1.807, 2.05) is 13.8 Å². The second-order valence-electron chi connectivity index (χ2n) is 6.91. The zero-order valence-electron chi connectivity index (χ0n) is 16.4. The Hall–Kier alpha value is -2.76. The van der Waals surface area contributed by atoms with E-state index < -0.39 is 11.9 Å². The maximum Gasteiger partial charge on any atom is 0.242 e. The summed E-state index contributed by atoms with van der Waals surface area (Å²) in [4.78, 5) is 26.9. The average Bonchev–Trinajstić information content (AvgIpc) is 2.68. The van der Waals surface area contributed by atoms with Gasteiger partial charge in [-0.3, -0.25) is 9.59 Å². The van der Waals surface area contributed by atoms with E-state index >= 15 is 0 Å². The van der Waals surface area contributed by atoms with Crippen molar-refractivity contribution >= 4 is 11.8 Å². The number of hydrogen-bond acceptors (Lipinski definition) is 2. The Morgan fingerprint density at radius 1 is 1.04 bits per heavy atom. The molecule has 2 amide bonds. The molecule has 150 valence electrons. The van der Waals surface area contributed by atoms with Gasteiger partial charge < -0.3 is 10.2 Å². The van der Waals surface area contributed by atoms with E-state index in [-0.39, 0.29) is 36.6 Å². The lowest BCUT2D eigenvalue weighted by atomic mass is 10.1. The first kappa shape index (κ1) is 21.5. The molecule has 2 aromatic rings. The molecule has 0 radical (unpaired) electrons. The monoisotopic (exact) mass is 388 g/mol. The maximum absolute atomic E-state index is 14.1. The van der Waals surface area contributed by atoms with Gasteiger partial charge in [-0.25, -0.2) is 8.78 Å². The highest BCUT2D eigenvalue weighted by atomic mass is 19.1. The van der Waals surface area contributed by atoms with Crippen molar-refractivity contribution in [1.29, 1.82) is 0 Å². The Labute approximate surface area is 164 Å². The lowest BCUT2D eigenvalue weighted by Crippen LogP contribution is -2.50. The van der Waals surface area contributed by atoms with Crippen LogP contribution in [0.2, 0.25) is 0 Å². The van der Waals surface area contributed by atoms with Crippen LogP contribution in [0.3, 0.4) is 0 Å². The lowest BCUT2D eigenvalue weighted by Gasteiger charge is -2.30. The number of amides is 2. The molecule has 2 atom stereocenters. The molecule has 0 fully saturated rings. The van der Waals surface area contributed by atoms with Gasteiger partial charge in [0.15, 0.2) is 0 Å². The van der Waals surface area contributed by atoms with Crippen LogP contribution in [0.1, 0.15) is 38.3 Å². The summed E-state index contributed by atoms with van der Waals surface area (Å²) in [5.41, 5.74) is 0.956. The van der Waals surface area contributed by atoms with Gasteiger partial charge in [-0.05, 0) is 44.0 Å². The van der Waals surface area contributed by atoms with Gasteiger partial charge in [0.25, 0.3) is 0 Å². The SMILES string of the molecule is CCC(C)NC(=O)C(C)N(Cc1ccccc1F)C(=O)Cc1ccc(F)cc1. The molecule has 4 nitrogen and oxygen atoms in total. The van der Waals surface area contributed by atoms with Gasteiger partial charge in [0.1, 0.15) is 17.7 Å². The van der Waals surface area contributed by atoms with Crippen molar-refractivity contribution < 1.29 is 18.4 Å². The predicted molar refractivity (Wildman–Crippen MR) is 104 cm³/mol. The minimum absolute atomic E-state index is 0.00428. The summed E-state index contributed by atoms with van der Waals surface area (Å²) < 4.78 is 27.2. The number of nitrogens with one attached hydrogen (secondary N) is 1. The number of nitrogens with zero attached hydrogens (tertiary/aromatic N) is 1. The first-order valence-corrected chi connectivity index (χ1v) is 9.39. The predicted octanol–water partition coefficient (Wildman–Crippen LogP) is 3.84. The van der Waals surface area contributed by atoms with Crippen LogP contribution in [0.5, 0.6) is 0 Å². The number of carbonyl (C=O) groups is 2. The fourth-order valence-electron chi connectivity index (χ4n) is 2.74. The molecule has 0 saturated heterocycles. The fourth-order valence-corrected chi connectivity index (χ4v) is 2.74. The number of rotatable bonds is 8. The van der Waals surface area contributed by atoms with E-state index in [1.54, 1.807) is 25.1 Å². The summed E-state index contributed by atoms with van der Waals surface area (Å²) in [5.74, 6) is -1.45. The van der Waals surface area contributed by atoms with Crippen LogP contribution in [0.25, 0.3) is 0 Å². The van der Waals surface area contributed by atoms with E-state index in [4.69, 9.17) is 0 Å². The summed E-state index contributed by atoms with van der Waals surface area (Å²) >= 11 is 0. The van der Waals surface area contributed by atoms with Crippen LogP contribution in [0.15, 0.2) is 48.5 Å². The van der Waals surface area contributed by atoms with E-state index in [0.717, 1.165) is 6.42 Å². The van der Waals surface area contributed by atoms with Crippen molar-refractivity contribution in [2.75, 3.05) is 0 Å². The second kappa shape index (κ2) is 9.97. The Morgan fingerprint density at radius 3 is 2.29 bits per heavy atom. The van der Waals surface area contributed by atoms with E-state index in [1.165, 1.54) is 35.2 Å². The van der Waals surface area contributed by atoms with Gasteiger partial charge in [-0.2, -0.15) is 0 Å². The molecule has 0 aromatic heterocycles. The summed E-state index contributed by atoms with van der Waals surface area (Å²) in [6.45, 7) is 5.43. The molecule has 0 aliphatic carbocycles. The minimum atomic E-state index is -0.776.